The van der Waals surface area contributed by atoms with E-state index in [1.54, 1.807) is 0 Å². The number of carbonyl (C=O) groups excluding carboxylic acids is 1. The first-order valence-corrected chi connectivity index (χ1v) is 4.46. The number of aldehydes is 1. The summed E-state index contributed by atoms with van der Waals surface area (Å²) in [6, 6.07) is 0. The number of hydrogen-bond donors (Lipinski definition) is 0. The first kappa shape index (κ1) is 9.03. The van der Waals surface area contributed by atoms with Gasteiger partial charge in [-0.3, -0.25) is 0 Å². The lowest BCUT2D eigenvalue weighted by Crippen LogP contribution is -2.58. The van der Waals surface area contributed by atoms with Crippen LogP contribution in [0.3, 0.4) is 0 Å². The van der Waals surface area contributed by atoms with Crippen LogP contribution in [0.25, 0.3) is 0 Å². The van der Waals surface area contributed by atoms with E-state index in [9.17, 15) is 18.0 Å². The third-order valence-corrected chi connectivity index (χ3v) is 3.59. The molecular formula is C9H11F3O. The van der Waals surface area contributed by atoms with E-state index in [0.717, 1.165) is 19.3 Å². The number of alkyl halides is 3. The van der Waals surface area contributed by atoms with Gasteiger partial charge in [0.25, 0.3) is 0 Å². The third-order valence-electron chi connectivity index (χ3n) is 3.59. The molecule has 2 aliphatic rings. The molecule has 0 N–H and O–H groups in total. The first-order chi connectivity index (χ1) is 5.93. The van der Waals surface area contributed by atoms with Crippen molar-refractivity contribution in [2.75, 3.05) is 0 Å². The van der Waals surface area contributed by atoms with Crippen LogP contribution in [0.1, 0.15) is 32.1 Å². The Balaban J connectivity index is 2.10. The van der Waals surface area contributed by atoms with Crippen LogP contribution in [0.2, 0.25) is 0 Å². The molecule has 2 saturated carbocycles. The highest BCUT2D eigenvalue weighted by molar-refractivity contribution is 5.63. The predicted octanol–water partition coefficient (Wildman–Crippen LogP) is 2.70. The van der Waals surface area contributed by atoms with Gasteiger partial charge in [0.15, 0.2) is 0 Å². The molecule has 13 heavy (non-hydrogen) atoms. The standard InChI is InChI=1S/C9H11F3O/c10-9(11,12)8(6-13)4-7(5-8)2-1-3-7/h6H,1-5H2. The number of carbonyl (C=O) groups is 1. The maximum absolute atomic E-state index is 12.4. The van der Waals surface area contributed by atoms with Crippen molar-refractivity contribution in [1.82, 2.24) is 0 Å². The van der Waals surface area contributed by atoms with E-state index in [2.05, 4.69) is 0 Å². The van der Waals surface area contributed by atoms with Crippen LogP contribution in [0.4, 0.5) is 13.2 Å². The van der Waals surface area contributed by atoms with Gasteiger partial charge < -0.3 is 4.79 Å². The van der Waals surface area contributed by atoms with Gasteiger partial charge in [-0.05, 0) is 31.1 Å². The summed E-state index contributed by atoms with van der Waals surface area (Å²) < 4.78 is 37.3. The summed E-state index contributed by atoms with van der Waals surface area (Å²) in [5, 5.41) is 0. The van der Waals surface area contributed by atoms with Crippen LogP contribution in [0, 0.1) is 10.8 Å². The van der Waals surface area contributed by atoms with Gasteiger partial charge in [-0.15, -0.1) is 0 Å². The molecule has 0 aromatic rings. The lowest BCUT2D eigenvalue weighted by molar-refractivity contribution is -0.274. The normalized spacial score (nSPS) is 29.2. The van der Waals surface area contributed by atoms with E-state index < -0.39 is 11.6 Å². The van der Waals surface area contributed by atoms with Gasteiger partial charge in [0.2, 0.25) is 0 Å². The molecule has 2 aliphatic carbocycles. The molecule has 0 radical (unpaired) electrons. The minimum atomic E-state index is -4.34. The van der Waals surface area contributed by atoms with Crippen LogP contribution >= 0.6 is 0 Å². The summed E-state index contributed by atoms with van der Waals surface area (Å²) in [5.74, 6) is 0. The summed E-state index contributed by atoms with van der Waals surface area (Å²) in [6.07, 6.45) is -1.39. The van der Waals surface area contributed by atoms with E-state index in [-0.39, 0.29) is 24.5 Å². The molecule has 2 rings (SSSR count). The van der Waals surface area contributed by atoms with Crippen molar-refractivity contribution in [1.29, 1.82) is 0 Å². The van der Waals surface area contributed by atoms with E-state index >= 15 is 0 Å². The van der Waals surface area contributed by atoms with E-state index in [0.29, 0.717) is 0 Å². The molecular weight excluding hydrogens is 181 g/mol. The maximum atomic E-state index is 12.4. The number of rotatable bonds is 1. The molecule has 0 aliphatic heterocycles. The van der Waals surface area contributed by atoms with Gasteiger partial charge in [-0.25, -0.2) is 0 Å². The second-order valence-corrected chi connectivity index (χ2v) is 4.48. The summed E-state index contributed by atoms with van der Waals surface area (Å²) >= 11 is 0. The molecule has 4 heteroatoms. The Hall–Kier alpha value is -0.540. The molecule has 0 heterocycles. The zero-order chi connectivity index (χ0) is 9.74. The van der Waals surface area contributed by atoms with Crippen LogP contribution in [0.15, 0.2) is 0 Å². The Morgan fingerprint density at radius 3 is 1.92 bits per heavy atom. The fourth-order valence-corrected chi connectivity index (χ4v) is 2.67. The largest absolute Gasteiger partial charge is 0.401 e. The van der Waals surface area contributed by atoms with Crippen molar-refractivity contribution in [3.63, 3.8) is 0 Å². The predicted molar refractivity (Wildman–Crippen MR) is 40.1 cm³/mol. The van der Waals surface area contributed by atoms with Gasteiger partial charge in [0.1, 0.15) is 11.7 Å². The highest BCUT2D eigenvalue weighted by Gasteiger charge is 2.68. The Morgan fingerprint density at radius 2 is 1.69 bits per heavy atom. The third kappa shape index (κ3) is 1.04. The number of hydrogen-bond acceptors (Lipinski definition) is 1. The van der Waals surface area contributed by atoms with Gasteiger partial charge in [0.05, 0.1) is 0 Å². The fourth-order valence-electron chi connectivity index (χ4n) is 2.67. The second kappa shape index (κ2) is 2.28. The smallest absolute Gasteiger partial charge is 0.302 e. The second-order valence-electron chi connectivity index (χ2n) is 4.48. The molecule has 0 aromatic heterocycles. The van der Waals surface area contributed by atoms with Crippen LogP contribution in [-0.4, -0.2) is 12.5 Å². The summed E-state index contributed by atoms with van der Waals surface area (Å²) in [4.78, 5) is 10.5. The maximum Gasteiger partial charge on any atom is 0.401 e. The van der Waals surface area contributed by atoms with Gasteiger partial charge in [-0.2, -0.15) is 13.2 Å². The van der Waals surface area contributed by atoms with Crippen LogP contribution in [0.5, 0.6) is 0 Å². The molecule has 0 aromatic carbocycles. The molecule has 2 fully saturated rings. The van der Waals surface area contributed by atoms with E-state index in [4.69, 9.17) is 0 Å². The molecule has 0 atom stereocenters. The molecule has 0 amide bonds. The number of halogens is 3. The quantitative estimate of drug-likeness (QED) is 0.584. The Morgan fingerprint density at radius 1 is 1.15 bits per heavy atom. The minimum absolute atomic E-state index is 0.0347. The summed E-state index contributed by atoms with van der Waals surface area (Å²) in [5.41, 5.74) is -2.11. The zero-order valence-electron chi connectivity index (χ0n) is 7.16. The monoisotopic (exact) mass is 192 g/mol. The SMILES string of the molecule is O=CC1(C(F)(F)F)CC2(CCC2)C1. The summed E-state index contributed by atoms with van der Waals surface area (Å²) in [6.45, 7) is 0. The topological polar surface area (TPSA) is 17.1 Å². The van der Waals surface area contributed by atoms with E-state index in [1.165, 1.54) is 0 Å². The lowest BCUT2D eigenvalue weighted by atomic mass is 9.45. The highest BCUT2D eigenvalue weighted by atomic mass is 19.4. The van der Waals surface area contributed by atoms with Crippen molar-refractivity contribution >= 4 is 6.29 Å². The fraction of sp³-hybridized carbons (Fsp3) is 0.889. The highest BCUT2D eigenvalue weighted by Crippen LogP contribution is 2.68. The molecule has 0 bridgehead atoms. The van der Waals surface area contributed by atoms with Gasteiger partial charge >= 0.3 is 6.18 Å². The zero-order valence-corrected chi connectivity index (χ0v) is 7.16. The van der Waals surface area contributed by atoms with Crippen molar-refractivity contribution in [3.8, 4) is 0 Å². The summed E-state index contributed by atoms with van der Waals surface area (Å²) in [7, 11) is 0. The average molecular weight is 192 g/mol. The Bertz CT molecular complexity index is 232. The molecule has 0 unspecified atom stereocenters. The Labute approximate surface area is 74.3 Å². The van der Waals surface area contributed by atoms with E-state index in [1.807, 2.05) is 0 Å². The molecule has 74 valence electrons. The van der Waals surface area contributed by atoms with Crippen molar-refractivity contribution < 1.29 is 18.0 Å². The van der Waals surface area contributed by atoms with Crippen molar-refractivity contribution in [2.24, 2.45) is 10.8 Å². The lowest BCUT2D eigenvalue weighted by Gasteiger charge is -2.59. The average Bonchev–Trinajstić information content (AvgIpc) is 1.79. The Kier molecular flexibility index (Phi) is 1.58. The van der Waals surface area contributed by atoms with Crippen molar-refractivity contribution in [3.05, 3.63) is 0 Å². The molecule has 1 spiro atoms. The molecule has 0 saturated heterocycles. The van der Waals surface area contributed by atoms with Crippen molar-refractivity contribution in [2.45, 2.75) is 38.3 Å². The van der Waals surface area contributed by atoms with Gasteiger partial charge in [-0.1, -0.05) is 6.42 Å². The van der Waals surface area contributed by atoms with Crippen LogP contribution in [-0.2, 0) is 4.79 Å². The first-order valence-electron chi connectivity index (χ1n) is 4.46. The van der Waals surface area contributed by atoms with Gasteiger partial charge in [0, 0.05) is 0 Å². The minimum Gasteiger partial charge on any atom is -0.302 e. The molecule has 1 nitrogen and oxygen atoms in total. The van der Waals surface area contributed by atoms with Crippen LogP contribution < -0.4 is 0 Å².